The van der Waals surface area contributed by atoms with E-state index in [0.717, 1.165) is 19.5 Å². The maximum Gasteiger partial charge on any atom is 0.319 e. The standard InChI is InChI=1S/C10H19N3O/c1-12(9-2-3-9)10(14)13-5-4-8(6-11)7-13/h8-9H,2-7,11H2,1H3. The average Bonchev–Trinajstić information content (AvgIpc) is 2.94. The molecule has 0 aromatic heterocycles. The van der Waals surface area contributed by atoms with Gasteiger partial charge in [0.15, 0.2) is 0 Å². The van der Waals surface area contributed by atoms with Crippen molar-refractivity contribution in [3.63, 3.8) is 0 Å². The van der Waals surface area contributed by atoms with E-state index >= 15 is 0 Å². The van der Waals surface area contributed by atoms with E-state index in [0.29, 0.717) is 18.5 Å². The quantitative estimate of drug-likeness (QED) is 0.700. The summed E-state index contributed by atoms with van der Waals surface area (Å²) >= 11 is 0. The van der Waals surface area contributed by atoms with Crippen molar-refractivity contribution in [3.05, 3.63) is 0 Å². The molecule has 1 saturated heterocycles. The summed E-state index contributed by atoms with van der Waals surface area (Å²) in [6.07, 6.45) is 3.42. The first kappa shape index (κ1) is 9.77. The molecular weight excluding hydrogens is 178 g/mol. The molecule has 1 aliphatic carbocycles. The molecule has 2 aliphatic rings. The van der Waals surface area contributed by atoms with E-state index in [1.165, 1.54) is 12.8 Å². The fourth-order valence-corrected chi connectivity index (χ4v) is 2.04. The Morgan fingerprint density at radius 2 is 2.21 bits per heavy atom. The molecule has 1 atom stereocenters. The Labute approximate surface area is 85.0 Å². The highest BCUT2D eigenvalue weighted by molar-refractivity contribution is 5.75. The summed E-state index contributed by atoms with van der Waals surface area (Å²) < 4.78 is 0. The van der Waals surface area contributed by atoms with Crippen LogP contribution in [0.25, 0.3) is 0 Å². The molecule has 2 amide bonds. The van der Waals surface area contributed by atoms with E-state index in [-0.39, 0.29) is 6.03 Å². The van der Waals surface area contributed by atoms with E-state index in [4.69, 9.17) is 5.73 Å². The molecular formula is C10H19N3O. The van der Waals surface area contributed by atoms with Crippen molar-refractivity contribution in [1.82, 2.24) is 9.80 Å². The van der Waals surface area contributed by atoms with Crippen LogP contribution in [0, 0.1) is 5.92 Å². The second-order valence-electron chi connectivity index (χ2n) is 4.46. The van der Waals surface area contributed by atoms with E-state index < -0.39 is 0 Å². The van der Waals surface area contributed by atoms with Gasteiger partial charge in [0.25, 0.3) is 0 Å². The summed E-state index contributed by atoms with van der Waals surface area (Å²) in [6.45, 7) is 2.45. The second kappa shape index (κ2) is 3.77. The Balaban J connectivity index is 1.85. The van der Waals surface area contributed by atoms with Crippen LogP contribution in [-0.4, -0.2) is 48.6 Å². The van der Waals surface area contributed by atoms with Gasteiger partial charge in [-0.3, -0.25) is 0 Å². The van der Waals surface area contributed by atoms with Gasteiger partial charge in [0.05, 0.1) is 0 Å². The van der Waals surface area contributed by atoms with Crippen LogP contribution in [-0.2, 0) is 0 Å². The zero-order valence-corrected chi connectivity index (χ0v) is 8.78. The van der Waals surface area contributed by atoms with Gasteiger partial charge < -0.3 is 15.5 Å². The SMILES string of the molecule is CN(C(=O)N1CCC(CN)C1)C1CC1. The molecule has 2 rings (SSSR count). The fraction of sp³-hybridized carbons (Fsp3) is 0.900. The minimum Gasteiger partial charge on any atom is -0.330 e. The van der Waals surface area contributed by atoms with Crippen LogP contribution in [0.15, 0.2) is 0 Å². The van der Waals surface area contributed by atoms with E-state index in [1.54, 1.807) is 0 Å². The predicted octanol–water partition coefficient (Wildman–Crippen LogP) is 0.481. The van der Waals surface area contributed by atoms with E-state index in [9.17, 15) is 4.79 Å². The van der Waals surface area contributed by atoms with Gasteiger partial charge >= 0.3 is 6.03 Å². The zero-order chi connectivity index (χ0) is 10.1. The highest BCUT2D eigenvalue weighted by Gasteiger charge is 2.34. The molecule has 4 nitrogen and oxygen atoms in total. The van der Waals surface area contributed by atoms with Crippen molar-refractivity contribution in [2.75, 3.05) is 26.7 Å². The average molecular weight is 197 g/mol. The smallest absolute Gasteiger partial charge is 0.319 e. The molecule has 0 aromatic carbocycles. The Morgan fingerprint density at radius 1 is 1.50 bits per heavy atom. The van der Waals surface area contributed by atoms with Crippen LogP contribution in [0.4, 0.5) is 4.79 Å². The lowest BCUT2D eigenvalue weighted by atomic mass is 10.1. The van der Waals surface area contributed by atoms with Gasteiger partial charge in [0.1, 0.15) is 0 Å². The molecule has 1 heterocycles. The van der Waals surface area contributed by atoms with Gasteiger partial charge in [-0.1, -0.05) is 0 Å². The van der Waals surface area contributed by atoms with Crippen molar-refractivity contribution in [2.45, 2.75) is 25.3 Å². The Morgan fingerprint density at radius 3 is 2.71 bits per heavy atom. The molecule has 0 spiro atoms. The number of carbonyl (C=O) groups excluding carboxylic acids is 1. The predicted molar refractivity (Wildman–Crippen MR) is 54.9 cm³/mol. The van der Waals surface area contributed by atoms with Crippen molar-refractivity contribution in [3.8, 4) is 0 Å². The molecule has 2 N–H and O–H groups in total. The third-order valence-electron chi connectivity index (χ3n) is 3.29. The lowest BCUT2D eigenvalue weighted by Crippen LogP contribution is -2.41. The molecule has 14 heavy (non-hydrogen) atoms. The highest BCUT2D eigenvalue weighted by atomic mass is 16.2. The van der Waals surface area contributed by atoms with Gasteiger partial charge in [-0.05, 0) is 31.7 Å². The topological polar surface area (TPSA) is 49.6 Å². The van der Waals surface area contributed by atoms with E-state index in [2.05, 4.69) is 0 Å². The lowest BCUT2D eigenvalue weighted by molar-refractivity contribution is 0.169. The second-order valence-corrected chi connectivity index (χ2v) is 4.46. The largest absolute Gasteiger partial charge is 0.330 e. The summed E-state index contributed by atoms with van der Waals surface area (Å²) in [5.41, 5.74) is 5.59. The lowest BCUT2D eigenvalue weighted by Gasteiger charge is -2.24. The maximum atomic E-state index is 11.9. The summed E-state index contributed by atoms with van der Waals surface area (Å²) in [7, 11) is 1.91. The third kappa shape index (κ3) is 1.85. The number of likely N-dealkylation sites (tertiary alicyclic amines) is 1. The molecule has 1 saturated carbocycles. The summed E-state index contributed by atoms with van der Waals surface area (Å²) in [6, 6.07) is 0.711. The van der Waals surface area contributed by atoms with Gasteiger partial charge in [-0.2, -0.15) is 0 Å². The van der Waals surface area contributed by atoms with Gasteiger partial charge in [-0.25, -0.2) is 4.79 Å². The normalized spacial score (nSPS) is 26.7. The first-order valence-electron chi connectivity index (χ1n) is 5.44. The van der Waals surface area contributed by atoms with Crippen molar-refractivity contribution in [1.29, 1.82) is 0 Å². The molecule has 2 fully saturated rings. The molecule has 0 aromatic rings. The van der Waals surface area contributed by atoms with Crippen LogP contribution in [0.1, 0.15) is 19.3 Å². The summed E-state index contributed by atoms with van der Waals surface area (Å²) in [5, 5.41) is 0. The minimum absolute atomic E-state index is 0.198. The van der Waals surface area contributed by atoms with Crippen LogP contribution >= 0.6 is 0 Å². The molecule has 1 aliphatic heterocycles. The van der Waals surface area contributed by atoms with Crippen molar-refractivity contribution >= 4 is 6.03 Å². The Hall–Kier alpha value is -0.770. The molecule has 0 bridgehead atoms. The molecule has 80 valence electrons. The summed E-state index contributed by atoms with van der Waals surface area (Å²) in [4.78, 5) is 15.7. The fourth-order valence-electron chi connectivity index (χ4n) is 2.04. The number of urea groups is 1. The van der Waals surface area contributed by atoms with Crippen LogP contribution in [0.3, 0.4) is 0 Å². The first-order chi connectivity index (χ1) is 6.72. The number of nitrogens with zero attached hydrogens (tertiary/aromatic N) is 2. The van der Waals surface area contributed by atoms with E-state index in [1.807, 2.05) is 16.8 Å². The van der Waals surface area contributed by atoms with Crippen molar-refractivity contribution < 1.29 is 4.79 Å². The maximum absolute atomic E-state index is 11.9. The first-order valence-corrected chi connectivity index (χ1v) is 5.44. The number of hydrogen-bond acceptors (Lipinski definition) is 2. The van der Waals surface area contributed by atoms with Crippen LogP contribution in [0.5, 0.6) is 0 Å². The number of carbonyl (C=O) groups is 1. The number of rotatable bonds is 2. The molecule has 0 radical (unpaired) electrons. The zero-order valence-electron chi connectivity index (χ0n) is 8.78. The minimum atomic E-state index is 0.198. The number of nitrogens with two attached hydrogens (primary N) is 1. The number of hydrogen-bond donors (Lipinski definition) is 1. The summed E-state index contributed by atoms with van der Waals surface area (Å²) in [5.74, 6) is 0.520. The van der Waals surface area contributed by atoms with Gasteiger partial charge in [-0.15, -0.1) is 0 Å². The Bertz CT molecular complexity index is 227. The van der Waals surface area contributed by atoms with Crippen LogP contribution < -0.4 is 5.73 Å². The highest BCUT2D eigenvalue weighted by Crippen LogP contribution is 2.27. The monoisotopic (exact) mass is 197 g/mol. The third-order valence-corrected chi connectivity index (χ3v) is 3.29. The van der Waals surface area contributed by atoms with Gasteiger partial charge in [0.2, 0.25) is 0 Å². The number of amides is 2. The van der Waals surface area contributed by atoms with Crippen LogP contribution in [0.2, 0.25) is 0 Å². The molecule has 4 heteroatoms. The van der Waals surface area contributed by atoms with Crippen molar-refractivity contribution in [2.24, 2.45) is 11.7 Å². The molecule has 1 unspecified atom stereocenters. The Kier molecular flexibility index (Phi) is 2.63. The van der Waals surface area contributed by atoms with Gasteiger partial charge in [0, 0.05) is 26.2 Å².